The number of unbranched alkanes of at least 4 members (excludes halogenated alkanes) is 2. The molecule has 0 unspecified atom stereocenters. The first-order valence-corrected chi connectivity index (χ1v) is 21.9. The standard InChI is InChI=1S/C48H65N7O7/c1-5-6-10-33-13-16-37(31(2)25-33)48(60)53-36(11-7-8-19-49)30-45(58)55(4)46-35-15-18-44(62-24-22-52)39(29-35)38-27-34(14-17-43(38)61-23-21-51)28-40(41(56)12-9-20-50)54-47(59)32(3)26-42(46)57/h13-18,25,27,29,32,36,40,46H,5-12,19,21-24,26,28,30,49,51-52H2,1-4H3,(H,53,60)(H,54,59)/t32-,36-,40+,46+/m1/s1. The highest BCUT2D eigenvalue weighted by Crippen LogP contribution is 2.40. The van der Waals surface area contributed by atoms with E-state index in [0.29, 0.717) is 65.1 Å². The minimum absolute atomic E-state index is 0.0174. The van der Waals surface area contributed by atoms with Gasteiger partial charge >= 0.3 is 0 Å². The van der Waals surface area contributed by atoms with E-state index in [1.54, 1.807) is 44.3 Å². The van der Waals surface area contributed by atoms with Crippen LogP contribution in [0.25, 0.3) is 11.1 Å². The number of ketones is 2. The number of amides is 3. The zero-order valence-corrected chi connectivity index (χ0v) is 36.8. The van der Waals surface area contributed by atoms with Gasteiger partial charge < -0.3 is 42.2 Å². The van der Waals surface area contributed by atoms with Crippen molar-refractivity contribution in [2.24, 2.45) is 23.1 Å². The van der Waals surface area contributed by atoms with Gasteiger partial charge in [-0.05, 0) is 98.2 Å². The molecule has 0 saturated heterocycles. The Labute approximate surface area is 366 Å². The van der Waals surface area contributed by atoms with E-state index in [-0.39, 0.29) is 70.1 Å². The number of nitrogens with two attached hydrogens (primary N) is 3. The molecule has 3 aromatic carbocycles. The van der Waals surface area contributed by atoms with Crippen LogP contribution in [0.3, 0.4) is 0 Å². The molecule has 1 heterocycles. The first-order chi connectivity index (χ1) is 29.8. The zero-order chi connectivity index (χ0) is 45.2. The molecule has 1 aliphatic rings. The van der Waals surface area contributed by atoms with Crippen LogP contribution >= 0.6 is 0 Å². The maximum atomic E-state index is 14.6. The smallest absolute Gasteiger partial charge is 0.251 e. The number of nitriles is 1. The molecule has 334 valence electrons. The molecule has 0 aromatic heterocycles. The molecule has 8 N–H and O–H groups in total. The third-order valence-electron chi connectivity index (χ3n) is 11.2. The van der Waals surface area contributed by atoms with Crippen LogP contribution in [0.1, 0.15) is 110 Å². The minimum atomic E-state index is -1.16. The average Bonchev–Trinajstić information content (AvgIpc) is 3.25. The SMILES string of the molecule is CCCCc1ccc(C(=O)N[C@H](CCCCN)CC(=O)N(C)[C@@H]2C(=O)C[C@@H](C)C(=O)N[C@H](C(=O)CCC#N)Cc3ccc(OCCN)c(c3)-c3cc2ccc3OCCN)c(C)c1. The van der Waals surface area contributed by atoms with E-state index in [4.69, 9.17) is 26.7 Å². The molecule has 0 radical (unpaired) electrons. The van der Waals surface area contributed by atoms with E-state index < -0.39 is 41.6 Å². The van der Waals surface area contributed by atoms with Crippen molar-refractivity contribution in [2.75, 3.05) is 39.9 Å². The molecule has 4 bridgehead atoms. The predicted octanol–water partition coefficient (Wildman–Crippen LogP) is 5.01. The van der Waals surface area contributed by atoms with Crippen molar-refractivity contribution >= 4 is 29.3 Å². The van der Waals surface area contributed by atoms with E-state index in [1.807, 2.05) is 37.3 Å². The second kappa shape index (κ2) is 24.7. The van der Waals surface area contributed by atoms with Gasteiger partial charge in [-0.2, -0.15) is 5.26 Å². The Morgan fingerprint density at radius 2 is 1.61 bits per heavy atom. The molecule has 62 heavy (non-hydrogen) atoms. The fourth-order valence-corrected chi connectivity index (χ4v) is 7.75. The van der Waals surface area contributed by atoms with Gasteiger partial charge in [-0.25, -0.2) is 0 Å². The summed E-state index contributed by atoms with van der Waals surface area (Å²) >= 11 is 0. The molecule has 3 amide bonds. The summed E-state index contributed by atoms with van der Waals surface area (Å²) in [6.07, 6.45) is 4.58. The number of likely N-dealkylation sites (N-methyl/N-ethyl adjacent to an activating group) is 1. The van der Waals surface area contributed by atoms with Crippen molar-refractivity contribution in [2.45, 2.75) is 110 Å². The Balaban J connectivity index is 1.80. The number of nitrogens with one attached hydrogen (secondary N) is 2. The highest BCUT2D eigenvalue weighted by atomic mass is 16.5. The molecule has 1 aliphatic heterocycles. The molecule has 0 fully saturated rings. The lowest BCUT2D eigenvalue weighted by Crippen LogP contribution is -2.46. The number of aryl methyl sites for hydroxylation is 2. The zero-order valence-electron chi connectivity index (χ0n) is 36.8. The molecular formula is C48H65N7O7. The van der Waals surface area contributed by atoms with Crippen molar-refractivity contribution in [1.82, 2.24) is 15.5 Å². The Morgan fingerprint density at radius 1 is 0.919 bits per heavy atom. The average molecular weight is 852 g/mol. The monoisotopic (exact) mass is 851 g/mol. The number of hydrogen-bond donors (Lipinski definition) is 5. The fourth-order valence-electron chi connectivity index (χ4n) is 7.75. The van der Waals surface area contributed by atoms with E-state index in [0.717, 1.165) is 30.4 Å². The third-order valence-corrected chi connectivity index (χ3v) is 11.2. The second-order valence-corrected chi connectivity index (χ2v) is 16.1. The highest BCUT2D eigenvalue weighted by Gasteiger charge is 2.34. The summed E-state index contributed by atoms with van der Waals surface area (Å²) < 4.78 is 12.2. The van der Waals surface area contributed by atoms with Crippen molar-refractivity contribution < 1.29 is 33.4 Å². The van der Waals surface area contributed by atoms with Crippen molar-refractivity contribution in [3.63, 3.8) is 0 Å². The van der Waals surface area contributed by atoms with Crippen molar-refractivity contribution in [3.8, 4) is 28.7 Å². The third kappa shape index (κ3) is 13.7. The summed E-state index contributed by atoms with van der Waals surface area (Å²) in [7, 11) is 1.55. The summed E-state index contributed by atoms with van der Waals surface area (Å²) in [4.78, 5) is 71.5. The Hall–Kier alpha value is -5.62. The van der Waals surface area contributed by atoms with E-state index in [2.05, 4.69) is 17.6 Å². The predicted molar refractivity (Wildman–Crippen MR) is 239 cm³/mol. The number of hydrogen-bond acceptors (Lipinski definition) is 11. The molecule has 14 heteroatoms. The van der Waals surface area contributed by atoms with E-state index in [9.17, 15) is 29.2 Å². The topological polar surface area (TPSA) is 233 Å². The molecule has 3 aromatic rings. The van der Waals surface area contributed by atoms with Gasteiger partial charge in [0.25, 0.3) is 5.91 Å². The van der Waals surface area contributed by atoms with Crippen LogP contribution in [-0.4, -0.2) is 86.2 Å². The van der Waals surface area contributed by atoms with E-state index in [1.165, 1.54) is 4.90 Å². The van der Waals surface area contributed by atoms with Crippen LogP contribution in [-0.2, 0) is 32.0 Å². The maximum absolute atomic E-state index is 14.6. The fraction of sp³-hybridized carbons (Fsp3) is 0.500. The molecule has 4 atom stereocenters. The van der Waals surface area contributed by atoms with Crippen molar-refractivity contribution in [1.29, 1.82) is 5.26 Å². The molecule has 14 nitrogen and oxygen atoms in total. The summed E-state index contributed by atoms with van der Waals surface area (Å²) in [6, 6.07) is 15.8. The Kier molecular flexibility index (Phi) is 19.6. The molecule has 0 aliphatic carbocycles. The van der Waals surface area contributed by atoms with Gasteiger partial charge in [-0.1, -0.05) is 51.0 Å². The number of carbonyl (C=O) groups is 5. The lowest BCUT2D eigenvalue weighted by atomic mass is 9.89. The van der Waals surface area contributed by atoms with Gasteiger partial charge in [0.2, 0.25) is 11.8 Å². The molecule has 0 saturated carbocycles. The van der Waals surface area contributed by atoms with Gasteiger partial charge in [-0.15, -0.1) is 0 Å². The molecular weight excluding hydrogens is 787 g/mol. The lowest BCUT2D eigenvalue weighted by molar-refractivity contribution is -0.140. The first-order valence-electron chi connectivity index (χ1n) is 21.9. The second-order valence-electron chi connectivity index (χ2n) is 16.1. The Bertz CT molecular complexity index is 2070. The summed E-state index contributed by atoms with van der Waals surface area (Å²) in [5.74, 6) is -1.90. The van der Waals surface area contributed by atoms with Crippen LogP contribution in [0.2, 0.25) is 0 Å². The number of nitrogens with zero attached hydrogens (tertiary/aromatic N) is 2. The lowest BCUT2D eigenvalue weighted by Gasteiger charge is -2.31. The van der Waals surface area contributed by atoms with Crippen LogP contribution < -0.4 is 37.3 Å². The molecule has 4 rings (SSSR count). The molecule has 0 spiro atoms. The number of benzene rings is 3. The maximum Gasteiger partial charge on any atom is 0.251 e. The van der Waals surface area contributed by atoms with Gasteiger partial charge in [-0.3, -0.25) is 24.0 Å². The summed E-state index contributed by atoms with van der Waals surface area (Å²) in [5, 5.41) is 15.2. The van der Waals surface area contributed by atoms with E-state index >= 15 is 0 Å². The number of ether oxygens (including phenoxy) is 2. The van der Waals surface area contributed by atoms with Crippen LogP contribution in [0.15, 0.2) is 54.6 Å². The van der Waals surface area contributed by atoms with Crippen LogP contribution in [0.5, 0.6) is 11.5 Å². The quantitative estimate of drug-likeness (QED) is 0.0895. The summed E-state index contributed by atoms with van der Waals surface area (Å²) in [5.41, 5.74) is 22.3. The Morgan fingerprint density at radius 3 is 2.26 bits per heavy atom. The van der Waals surface area contributed by atoms with Crippen LogP contribution in [0.4, 0.5) is 0 Å². The number of rotatable bonds is 21. The summed E-state index contributed by atoms with van der Waals surface area (Å²) in [6.45, 7) is 6.95. The highest BCUT2D eigenvalue weighted by molar-refractivity contribution is 5.97. The van der Waals surface area contributed by atoms with Crippen molar-refractivity contribution in [3.05, 3.63) is 82.4 Å². The number of Topliss-reactive ketones (excluding diaryl/α,β-unsaturated/α-hetero) is 2. The van der Waals surface area contributed by atoms with Gasteiger partial charge in [0.05, 0.1) is 12.1 Å². The minimum Gasteiger partial charge on any atom is -0.492 e. The van der Waals surface area contributed by atoms with Gasteiger partial charge in [0.1, 0.15) is 30.8 Å². The van der Waals surface area contributed by atoms with Gasteiger partial charge in [0, 0.05) is 74.5 Å². The largest absolute Gasteiger partial charge is 0.492 e. The normalized spacial score (nSPS) is 16.9. The number of carbonyl (C=O) groups excluding carboxylic acids is 5. The van der Waals surface area contributed by atoms with Gasteiger partial charge in [0.15, 0.2) is 11.6 Å². The number of fused-ring (bicyclic) bond motifs is 5. The first kappa shape index (κ1) is 49.0. The van der Waals surface area contributed by atoms with Crippen LogP contribution in [0, 0.1) is 24.2 Å².